The highest BCUT2D eigenvalue weighted by Gasteiger charge is 2.59. The summed E-state index contributed by atoms with van der Waals surface area (Å²) in [6.07, 6.45) is -15.8. The zero-order chi connectivity index (χ0) is 35.8. The molecule has 0 aliphatic carbocycles. The van der Waals surface area contributed by atoms with Gasteiger partial charge in [0.1, 0.15) is 31.5 Å². The molecule has 21 heteroatoms. The van der Waals surface area contributed by atoms with Crippen LogP contribution in [0.1, 0.15) is 48.5 Å². The summed E-state index contributed by atoms with van der Waals surface area (Å²) in [4.78, 5) is 84.1. The van der Waals surface area contributed by atoms with E-state index < -0.39 is 126 Å². The van der Waals surface area contributed by atoms with Crippen LogP contribution in [0, 0.1) is 0 Å². The van der Waals surface area contributed by atoms with Crippen molar-refractivity contribution in [1.29, 1.82) is 0 Å². The van der Waals surface area contributed by atoms with Crippen molar-refractivity contribution >= 4 is 51.8 Å². The third-order valence-corrected chi connectivity index (χ3v) is 7.24. The van der Waals surface area contributed by atoms with Crippen LogP contribution < -0.4 is 5.14 Å². The summed E-state index contributed by atoms with van der Waals surface area (Å²) in [6.45, 7) is 5.48. The molecule has 266 valence electrons. The second-order valence-corrected chi connectivity index (χ2v) is 11.9. The number of carbonyl (C=O) groups is 7. The number of nitrogens with two attached hydrogens (primary N) is 1. The molecular formula is C26H37NO19S. The number of hydrogen-bond donors (Lipinski definition) is 1. The Hall–Kier alpha value is -3.92. The molecule has 0 bridgehead atoms. The number of hydrogen-bond acceptors (Lipinski definition) is 19. The quantitative estimate of drug-likeness (QED) is 0.169. The highest BCUT2D eigenvalue weighted by molar-refractivity contribution is 7.89. The Labute approximate surface area is 268 Å². The minimum absolute atomic E-state index is 0.632. The van der Waals surface area contributed by atoms with Crippen molar-refractivity contribution in [1.82, 2.24) is 0 Å². The number of rotatable bonds is 12. The summed E-state index contributed by atoms with van der Waals surface area (Å²) < 4.78 is 79.3. The Morgan fingerprint density at radius 2 is 0.872 bits per heavy atom. The standard InChI is InChI=1S/C26H37NO19S/c1-10(28)37-8-17-19(39-12(3)30)21(40-13(4)31)23(42-15(6)33)25(44-17)46-20-18(9-38-11(2)29)45-26(47(27,35)36)24(43-16(7)34)22(20)41-14(5)32/h17-26H,8-9H2,1-7H3,(H2,27,35,36)/t17-,18-,19-,20-,21+,22+,23-,24-,25+,26+/m1/s1. The molecule has 0 aromatic carbocycles. The van der Waals surface area contributed by atoms with Gasteiger partial charge in [0, 0.05) is 48.5 Å². The van der Waals surface area contributed by atoms with Crippen molar-refractivity contribution in [3.8, 4) is 0 Å². The number of carbonyl (C=O) groups excluding carboxylic acids is 7. The normalized spacial score (nSPS) is 30.6. The molecule has 2 aliphatic heterocycles. The molecule has 0 radical (unpaired) electrons. The van der Waals surface area contributed by atoms with E-state index in [1.54, 1.807) is 0 Å². The van der Waals surface area contributed by atoms with Gasteiger partial charge in [-0.3, -0.25) is 33.6 Å². The molecule has 0 aromatic rings. The van der Waals surface area contributed by atoms with Crippen molar-refractivity contribution in [3.05, 3.63) is 0 Å². The van der Waals surface area contributed by atoms with Crippen molar-refractivity contribution in [2.75, 3.05) is 13.2 Å². The van der Waals surface area contributed by atoms with Gasteiger partial charge in [0.25, 0.3) is 0 Å². The zero-order valence-corrected chi connectivity index (χ0v) is 27.2. The number of sulfonamides is 1. The first-order valence-corrected chi connectivity index (χ1v) is 15.4. The predicted octanol–water partition coefficient (Wildman–Crippen LogP) is -2.11. The molecule has 47 heavy (non-hydrogen) atoms. The van der Waals surface area contributed by atoms with E-state index in [1.807, 2.05) is 0 Å². The Kier molecular flexibility index (Phi) is 14.0. The average Bonchev–Trinajstić information content (AvgIpc) is 2.89. The Bertz CT molecular complexity index is 1320. The van der Waals surface area contributed by atoms with Crippen LogP contribution >= 0.6 is 0 Å². The van der Waals surface area contributed by atoms with E-state index in [9.17, 15) is 42.0 Å². The van der Waals surface area contributed by atoms with E-state index in [2.05, 4.69) is 0 Å². The van der Waals surface area contributed by atoms with E-state index in [4.69, 9.17) is 52.5 Å². The summed E-state index contributed by atoms with van der Waals surface area (Å²) in [5.74, 6) is -6.60. The maximum Gasteiger partial charge on any atom is 0.303 e. The molecule has 2 fully saturated rings. The first-order valence-electron chi connectivity index (χ1n) is 13.8. The number of primary sulfonamides is 1. The van der Waals surface area contributed by atoms with E-state index in [0.29, 0.717) is 0 Å². The molecule has 2 heterocycles. The Balaban J connectivity index is 2.77. The SMILES string of the molecule is CC(=O)OC[C@H]1O[C@@H](S(N)(=O)=O)[C@H](OC(C)=O)[C@@H](OC(C)=O)[C@@H]1O[C@@H]1O[C@H](COC(C)=O)[C@@H](OC(C)=O)[C@H](OC(C)=O)[C@H]1OC(C)=O. The topological polar surface area (TPSA) is 272 Å². The van der Waals surface area contributed by atoms with Gasteiger partial charge >= 0.3 is 41.8 Å². The molecular weight excluding hydrogens is 662 g/mol. The van der Waals surface area contributed by atoms with E-state index in [1.165, 1.54) is 0 Å². The molecule has 2 saturated heterocycles. The minimum Gasteiger partial charge on any atom is -0.463 e. The Morgan fingerprint density at radius 3 is 1.28 bits per heavy atom. The van der Waals surface area contributed by atoms with Gasteiger partial charge in [-0.15, -0.1) is 0 Å². The van der Waals surface area contributed by atoms with E-state index >= 15 is 0 Å². The molecule has 2 N–H and O–H groups in total. The molecule has 0 saturated carbocycles. The molecule has 2 aliphatic rings. The van der Waals surface area contributed by atoms with Gasteiger partial charge in [0.15, 0.2) is 36.8 Å². The highest BCUT2D eigenvalue weighted by Crippen LogP contribution is 2.36. The summed E-state index contributed by atoms with van der Waals surface area (Å²) in [7, 11) is -4.75. The van der Waals surface area contributed by atoms with Crippen molar-refractivity contribution in [2.24, 2.45) is 5.14 Å². The largest absolute Gasteiger partial charge is 0.463 e. The molecule has 2 rings (SSSR count). The summed E-state index contributed by atoms with van der Waals surface area (Å²) in [5, 5.41) is 5.34. The number of ether oxygens (including phenoxy) is 10. The van der Waals surface area contributed by atoms with Gasteiger partial charge in [-0.25, -0.2) is 13.6 Å². The lowest BCUT2D eigenvalue weighted by Crippen LogP contribution is -2.68. The molecule has 0 unspecified atom stereocenters. The minimum atomic E-state index is -4.75. The molecule has 10 atom stereocenters. The van der Waals surface area contributed by atoms with Gasteiger partial charge in [-0.05, 0) is 0 Å². The monoisotopic (exact) mass is 699 g/mol. The van der Waals surface area contributed by atoms with E-state index in [0.717, 1.165) is 48.5 Å². The fourth-order valence-electron chi connectivity index (χ4n) is 4.74. The van der Waals surface area contributed by atoms with Crippen LogP contribution in [-0.2, 0) is 91.0 Å². The average molecular weight is 700 g/mol. The molecule has 0 aromatic heterocycles. The summed E-state index contributed by atoms with van der Waals surface area (Å²) >= 11 is 0. The summed E-state index contributed by atoms with van der Waals surface area (Å²) in [5.41, 5.74) is -2.19. The van der Waals surface area contributed by atoms with Crippen molar-refractivity contribution in [2.45, 2.75) is 109 Å². The maximum absolute atomic E-state index is 12.6. The molecule has 0 amide bonds. The predicted molar refractivity (Wildman–Crippen MR) is 146 cm³/mol. The first kappa shape index (κ1) is 39.3. The fraction of sp³-hybridized carbons (Fsp3) is 0.731. The third-order valence-electron chi connectivity index (χ3n) is 6.21. The third kappa shape index (κ3) is 11.7. The zero-order valence-electron chi connectivity index (χ0n) is 26.4. The second kappa shape index (κ2) is 16.8. The summed E-state index contributed by atoms with van der Waals surface area (Å²) in [6, 6.07) is 0. The second-order valence-electron chi connectivity index (χ2n) is 10.3. The van der Waals surface area contributed by atoms with Crippen molar-refractivity contribution in [3.63, 3.8) is 0 Å². The van der Waals surface area contributed by atoms with Crippen LogP contribution in [0.25, 0.3) is 0 Å². The van der Waals surface area contributed by atoms with Crippen LogP contribution in [0.15, 0.2) is 0 Å². The van der Waals surface area contributed by atoms with Crippen LogP contribution in [0.2, 0.25) is 0 Å². The number of esters is 7. The van der Waals surface area contributed by atoms with Gasteiger partial charge in [0.2, 0.25) is 15.5 Å². The molecule has 20 nitrogen and oxygen atoms in total. The van der Waals surface area contributed by atoms with Crippen LogP contribution in [-0.4, -0.2) is 124 Å². The van der Waals surface area contributed by atoms with Gasteiger partial charge < -0.3 is 47.4 Å². The fourth-order valence-corrected chi connectivity index (χ4v) is 5.62. The van der Waals surface area contributed by atoms with E-state index in [-0.39, 0.29) is 0 Å². The van der Waals surface area contributed by atoms with Gasteiger partial charge in [-0.1, -0.05) is 0 Å². The van der Waals surface area contributed by atoms with Gasteiger partial charge in [-0.2, -0.15) is 0 Å². The lowest BCUT2D eigenvalue weighted by Gasteiger charge is -2.48. The van der Waals surface area contributed by atoms with Gasteiger partial charge in [0.05, 0.1) is 0 Å². The van der Waals surface area contributed by atoms with Crippen molar-refractivity contribution < 1.29 is 89.3 Å². The maximum atomic E-state index is 12.6. The first-order chi connectivity index (χ1) is 21.7. The molecule has 0 spiro atoms. The van der Waals surface area contributed by atoms with Crippen LogP contribution in [0.5, 0.6) is 0 Å². The lowest BCUT2D eigenvalue weighted by molar-refractivity contribution is -0.341. The lowest BCUT2D eigenvalue weighted by atomic mass is 9.96. The Morgan fingerprint density at radius 1 is 0.511 bits per heavy atom. The smallest absolute Gasteiger partial charge is 0.303 e. The highest BCUT2D eigenvalue weighted by atomic mass is 32.2. The van der Waals surface area contributed by atoms with Crippen LogP contribution in [0.4, 0.5) is 0 Å². The van der Waals surface area contributed by atoms with Crippen LogP contribution in [0.3, 0.4) is 0 Å².